The van der Waals surface area contributed by atoms with E-state index in [-0.39, 0.29) is 28.3 Å². The van der Waals surface area contributed by atoms with Gasteiger partial charge in [0.1, 0.15) is 5.69 Å². The van der Waals surface area contributed by atoms with E-state index in [1.165, 1.54) is 38.5 Å². The van der Waals surface area contributed by atoms with Gasteiger partial charge in [0.2, 0.25) is 0 Å². The van der Waals surface area contributed by atoms with Crippen LogP contribution in [-0.2, 0) is 0 Å². The van der Waals surface area contributed by atoms with Gasteiger partial charge in [-0.05, 0) is 18.2 Å². The van der Waals surface area contributed by atoms with E-state index in [9.17, 15) is 14.4 Å². The van der Waals surface area contributed by atoms with Gasteiger partial charge in [0.05, 0.1) is 31.0 Å². The SMILES string of the molecule is COc1cc(NC(=O)c2ccc(C(=O)O)nc2)c(C(N)=O)cc1OC. The summed E-state index contributed by atoms with van der Waals surface area (Å²) >= 11 is 0. The number of carbonyl (C=O) groups is 3. The molecule has 0 radical (unpaired) electrons. The van der Waals surface area contributed by atoms with Crippen LogP contribution in [0.15, 0.2) is 30.5 Å². The van der Waals surface area contributed by atoms with Crippen molar-refractivity contribution in [3.8, 4) is 11.5 Å². The maximum atomic E-state index is 12.3. The van der Waals surface area contributed by atoms with Crippen LogP contribution in [0.3, 0.4) is 0 Å². The van der Waals surface area contributed by atoms with Crippen LogP contribution in [0, 0.1) is 0 Å². The highest BCUT2D eigenvalue weighted by molar-refractivity contribution is 6.09. The number of primary amides is 1. The van der Waals surface area contributed by atoms with Crippen molar-refractivity contribution >= 4 is 23.5 Å². The molecule has 0 bridgehead atoms. The maximum absolute atomic E-state index is 12.3. The van der Waals surface area contributed by atoms with Gasteiger partial charge < -0.3 is 25.6 Å². The fourth-order valence-corrected chi connectivity index (χ4v) is 2.04. The monoisotopic (exact) mass is 345 g/mol. The van der Waals surface area contributed by atoms with Crippen molar-refractivity contribution in [2.45, 2.75) is 0 Å². The van der Waals surface area contributed by atoms with Crippen molar-refractivity contribution in [3.63, 3.8) is 0 Å². The third kappa shape index (κ3) is 3.83. The number of rotatable bonds is 6. The van der Waals surface area contributed by atoms with Crippen molar-refractivity contribution in [2.24, 2.45) is 5.73 Å². The van der Waals surface area contributed by atoms with Gasteiger partial charge in [0.25, 0.3) is 11.8 Å². The fourth-order valence-electron chi connectivity index (χ4n) is 2.04. The number of nitrogens with zero attached hydrogens (tertiary/aromatic N) is 1. The van der Waals surface area contributed by atoms with Crippen LogP contribution >= 0.6 is 0 Å². The standard InChI is InChI=1S/C16H15N3O6/c1-24-12-5-9(14(17)20)11(6-13(12)25-2)19-15(21)8-3-4-10(16(22)23)18-7-8/h3-7H,1-2H3,(H2,17,20)(H,19,21)(H,22,23). The van der Waals surface area contributed by atoms with Crippen molar-refractivity contribution in [1.29, 1.82) is 0 Å². The van der Waals surface area contributed by atoms with Crippen molar-refractivity contribution < 1.29 is 29.0 Å². The Balaban J connectivity index is 2.36. The largest absolute Gasteiger partial charge is 0.493 e. The lowest BCUT2D eigenvalue weighted by Gasteiger charge is -2.14. The Bertz CT molecular complexity index is 833. The smallest absolute Gasteiger partial charge is 0.354 e. The predicted octanol–water partition coefficient (Wildman–Crippen LogP) is 1.15. The molecule has 9 nitrogen and oxygen atoms in total. The van der Waals surface area contributed by atoms with E-state index in [1.807, 2.05) is 0 Å². The van der Waals surface area contributed by atoms with Crippen LogP contribution in [0.25, 0.3) is 0 Å². The molecule has 0 atom stereocenters. The summed E-state index contributed by atoms with van der Waals surface area (Å²) < 4.78 is 10.2. The molecular weight excluding hydrogens is 330 g/mol. The first kappa shape index (κ1) is 17.7. The first-order chi connectivity index (χ1) is 11.9. The number of aromatic nitrogens is 1. The van der Waals surface area contributed by atoms with Crippen LogP contribution in [0.2, 0.25) is 0 Å². The Kier molecular flexibility index (Phi) is 5.18. The molecule has 2 amide bonds. The summed E-state index contributed by atoms with van der Waals surface area (Å²) in [6.45, 7) is 0. The number of hydrogen-bond donors (Lipinski definition) is 3. The number of amides is 2. The summed E-state index contributed by atoms with van der Waals surface area (Å²) in [6, 6.07) is 5.25. The summed E-state index contributed by atoms with van der Waals surface area (Å²) in [5, 5.41) is 11.3. The van der Waals surface area contributed by atoms with Crippen LogP contribution in [0.5, 0.6) is 11.5 Å². The van der Waals surface area contributed by atoms with Gasteiger partial charge in [-0.3, -0.25) is 9.59 Å². The number of nitrogens with two attached hydrogens (primary N) is 1. The summed E-state index contributed by atoms with van der Waals surface area (Å²) in [6.07, 6.45) is 1.11. The summed E-state index contributed by atoms with van der Waals surface area (Å²) in [7, 11) is 2.80. The number of benzene rings is 1. The molecule has 0 spiro atoms. The number of methoxy groups -OCH3 is 2. The highest BCUT2D eigenvalue weighted by atomic mass is 16.5. The molecule has 25 heavy (non-hydrogen) atoms. The molecule has 0 saturated heterocycles. The minimum absolute atomic E-state index is 0.0288. The molecule has 1 aromatic heterocycles. The Labute approximate surface area is 142 Å². The topological polar surface area (TPSA) is 141 Å². The summed E-state index contributed by atoms with van der Waals surface area (Å²) in [4.78, 5) is 38.4. The molecule has 130 valence electrons. The average Bonchev–Trinajstić information content (AvgIpc) is 2.60. The molecule has 1 heterocycles. The predicted molar refractivity (Wildman–Crippen MR) is 87.2 cm³/mol. The van der Waals surface area contributed by atoms with E-state index < -0.39 is 17.8 Å². The van der Waals surface area contributed by atoms with Gasteiger partial charge in [-0.25, -0.2) is 9.78 Å². The molecule has 9 heteroatoms. The zero-order chi connectivity index (χ0) is 18.6. The van der Waals surface area contributed by atoms with E-state index in [0.29, 0.717) is 5.75 Å². The normalized spacial score (nSPS) is 10.0. The molecule has 1 aromatic carbocycles. The molecule has 4 N–H and O–H groups in total. The van der Waals surface area contributed by atoms with E-state index in [4.69, 9.17) is 20.3 Å². The number of carboxylic acids is 1. The molecule has 0 fully saturated rings. The van der Waals surface area contributed by atoms with Gasteiger partial charge in [0, 0.05) is 12.3 Å². The number of hydrogen-bond acceptors (Lipinski definition) is 6. The van der Waals surface area contributed by atoms with E-state index in [2.05, 4.69) is 10.3 Å². The number of carbonyl (C=O) groups excluding carboxylic acids is 2. The fraction of sp³-hybridized carbons (Fsp3) is 0.125. The molecule has 0 aliphatic heterocycles. The number of aromatic carboxylic acids is 1. The number of carboxylic acid groups (broad SMARTS) is 1. The number of nitrogens with one attached hydrogen (secondary N) is 1. The zero-order valence-corrected chi connectivity index (χ0v) is 13.4. The van der Waals surface area contributed by atoms with Crippen LogP contribution in [0.1, 0.15) is 31.2 Å². The van der Waals surface area contributed by atoms with Gasteiger partial charge in [0.15, 0.2) is 11.5 Å². The molecule has 0 aliphatic rings. The third-order valence-electron chi connectivity index (χ3n) is 3.28. The Morgan fingerprint density at radius 2 is 1.76 bits per heavy atom. The van der Waals surface area contributed by atoms with Crippen molar-refractivity contribution in [1.82, 2.24) is 4.98 Å². The lowest BCUT2D eigenvalue weighted by Crippen LogP contribution is -2.19. The van der Waals surface area contributed by atoms with Crippen LogP contribution < -0.4 is 20.5 Å². The third-order valence-corrected chi connectivity index (χ3v) is 3.28. The van der Waals surface area contributed by atoms with Gasteiger partial charge in [-0.15, -0.1) is 0 Å². The molecular formula is C16H15N3O6. The lowest BCUT2D eigenvalue weighted by atomic mass is 10.1. The van der Waals surface area contributed by atoms with E-state index in [1.54, 1.807) is 0 Å². The second-order valence-corrected chi connectivity index (χ2v) is 4.81. The van der Waals surface area contributed by atoms with E-state index in [0.717, 1.165) is 6.20 Å². The zero-order valence-electron chi connectivity index (χ0n) is 13.4. The first-order valence-corrected chi connectivity index (χ1v) is 6.94. The Morgan fingerprint density at radius 3 is 2.24 bits per heavy atom. The molecule has 2 rings (SSSR count). The van der Waals surface area contributed by atoms with Gasteiger partial charge >= 0.3 is 5.97 Å². The van der Waals surface area contributed by atoms with Crippen molar-refractivity contribution in [2.75, 3.05) is 19.5 Å². The summed E-state index contributed by atoms with van der Waals surface area (Å²) in [5.74, 6) is -2.00. The van der Waals surface area contributed by atoms with Crippen molar-refractivity contribution in [3.05, 3.63) is 47.3 Å². The van der Waals surface area contributed by atoms with Crippen LogP contribution in [0.4, 0.5) is 5.69 Å². The second kappa shape index (κ2) is 7.30. The molecule has 0 aliphatic carbocycles. The number of anilines is 1. The minimum atomic E-state index is -1.21. The second-order valence-electron chi connectivity index (χ2n) is 4.81. The molecule has 0 unspecified atom stereocenters. The molecule has 2 aromatic rings. The molecule has 0 saturated carbocycles. The highest BCUT2D eigenvalue weighted by Crippen LogP contribution is 2.33. The maximum Gasteiger partial charge on any atom is 0.354 e. The van der Waals surface area contributed by atoms with Gasteiger partial charge in [-0.1, -0.05) is 0 Å². The Hall–Kier alpha value is -3.62. The Morgan fingerprint density at radius 1 is 1.12 bits per heavy atom. The minimum Gasteiger partial charge on any atom is -0.493 e. The number of ether oxygens (including phenoxy) is 2. The average molecular weight is 345 g/mol. The lowest BCUT2D eigenvalue weighted by molar-refractivity contribution is 0.0689. The quantitative estimate of drug-likeness (QED) is 0.713. The first-order valence-electron chi connectivity index (χ1n) is 6.94. The van der Waals surface area contributed by atoms with E-state index >= 15 is 0 Å². The van der Waals surface area contributed by atoms with Gasteiger partial charge in [-0.2, -0.15) is 0 Å². The van der Waals surface area contributed by atoms with Crippen LogP contribution in [-0.4, -0.2) is 42.1 Å². The highest BCUT2D eigenvalue weighted by Gasteiger charge is 2.18. The number of pyridine rings is 1. The summed E-state index contributed by atoms with van der Waals surface area (Å²) in [5.41, 5.74) is 5.40.